The normalized spacial score (nSPS) is 29.2. The van der Waals surface area contributed by atoms with Gasteiger partial charge in [0, 0.05) is 45.3 Å². The quantitative estimate of drug-likeness (QED) is 0.272. The molecule has 0 aromatic carbocycles. The summed E-state index contributed by atoms with van der Waals surface area (Å²) in [5, 5.41) is 6.52. The zero-order valence-electron chi connectivity index (χ0n) is 16.2. The van der Waals surface area contributed by atoms with Gasteiger partial charge in [0.25, 0.3) is 0 Å². The lowest BCUT2D eigenvalue weighted by molar-refractivity contribution is -0.144. The Bertz CT molecular complexity index is 471. The van der Waals surface area contributed by atoms with E-state index in [4.69, 9.17) is 21.2 Å². The number of carbonyl (C=O) groups excluding carboxylic acids is 1. The Morgan fingerprint density at radius 2 is 2.23 bits per heavy atom. The van der Waals surface area contributed by atoms with Crippen molar-refractivity contribution < 1.29 is 14.3 Å². The minimum atomic E-state index is -0.221. The summed E-state index contributed by atoms with van der Waals surface area (Å²) in [6, 6.07) is 0.0641. The molecule has 150 valence electrons. The SMILES string of the molecule is C=N/C=C1/CO[C@@H](CN(C)N)[C@@H](C)CN[C@H](C)COC(=O)CCCN1N. The summed E-state index contributed by atoms with van der Waals surface area (Å²) in [7, 11) is 1.80. The fourth-order valence-electron chi connectivity index (χ4n) is 2.58. The number of aliphatic imine (C=N–C) groups is 1. The number of cyclic esters (lactones) is 1. The first kappa shape index (κ1) is 22.5. The average molecular weight is 370 g/mol. The van der Waals surface area contributed by atoms with Crippen molar-refractivity contribution in [2.45, 2.75) is 38.8 Å². The topological polar surface area (TPSA) is 118 Å². The highest BCUT2D eigenvalue weighted by molar-refractivity contribution is 5.69. The van der Waals surface area contributed by atoms with Crippen LogP contribution < -0.4 is 17.0 Å². The molecule has 9 heteroatoms. The Morgan fingerprint density at radius 1 is 1.50 bits per heavy atom. The van der Waals surface area contributed by atoms with Gasteiger partial charge in [0.15, 0.2) is 0 Å². The molecule has 3 atom stereocenters. The highest BCUT2D eigenvalue weighted by Crippen LogP contribution is 2.12. The molecule has 1 fully saturated rings. The van der Waals surface area contributed by atoms with Crippen molar-refractivity contribution in [3.05, 3.63) is 11.9 Å². The molecule has 0 spiro atoms. The molecule has 0 aromatic rings. The van der Waals surface area contributed by atoms with E-state index >= 15 is 0 Å². The standard InChI is InChI=1S/C17H34N6O3/c1-13-8-21-14(2)11-26-17(24)6-5-7-23(19)15(9-20-3)12-25-16(13)10-22(4)18/h9,13-14,16,21H,3,5-8,10-12,18-19H2,1-2,4H3/b15-9-/t13-,14+,16-/m0/s1. The number of ether oxygens (including phenoxy) is 2. The van der Waals surface area contributed by atoms with E-state index in [-0.39, 0.29) is 24.0 Å². The minimum absolute atomic E-state index is 0.0641. The molecular formula is C17H34N6O3. The van der Waals surface area contributed by atoms with E-state index in [1.807, 2.05) is 6.92 Å². The number of hydrogen-bond acceptors (Lipinski definition) is 9. The van der Waals surface area contributed by atoms with Gasteiger partial charge in [0.2, 0.25) is 0 Å². The maximum Gasteiger partial charge on any atom is 0.305 e. The molecule has 0 aliphatic carbocycles. The first-order chi connectivity index (χ1) is 12.3. The largest absolute Gasteiger partial charge is 0.464 e. The van der Waals surface area contributed by atoms with Crippen molar-refractivity contribution in [1.82, 2.24) is 15.3 Å². The van der Waals surface area contributed by atoms with Crippen LogP contribution in [0.1, 0.15) is 26.7 Å². The maximum absolute atomic E-state index is 11.8. The highest BCUT2D eigenvalue weighted by Gasteiger charge is 2.22. The van der Waals surface area contributed by atoms with Crippen LogP contribution in [0.5, 0.6) is 0 Å². The number of nitrogens with one attached hydrogen (secondary N) is 1. The Morgan fingerprint density at radius 3 is 2.88 bits per heavy atom. The Labute approximate surface area is 156 Å². The number of rotatable bonds is 3. The first-order valence-electron chi connectivity index (χ1n) is 8.97. The second-order valence-electron chi connectivity index (χ2n) is 6.86. The van der Waals surface area contributed by atoms with Crippen LogP contribution >= 0.6 is 0 Å². The lowest BCUT2D eigenvalue weighted by Gasteiger charge is -2.29. The second-order valence-corrected chi connectivity index (χ2v) is 6.86. The summed E-state index contributed by atoms with van der Waals surface area (Å²) in [5.74, 6) is 11.9. The van der Waals surface area contributed by atoms with E-state index in [9.17, 15) is 4.79 Å². The van der Waals surface area contributed by atoms with Gasteiger partial charge in [-0.25, -0.2) is 10.9 Å². The number of likely N-dealkylation sites (N-methyl/N-ethyl adjacent to an activating group) is 1. The molecule has 0 saturated carbocycles. The third kappa shape index (κ3) is 8.72. The van der Waals surface area contributed by atoms with Crippen LogP contribution in [0.25, 0.3) is 0 Å². The van der Waals surface area contributed by atoms with E-state index in [1.54, 1.807) is 18.3 Å². The summed E-state index contributed by atoms with van der Waals surface area (Å²) in [6.45, 7) is 9.97. The number of hydrazine groups is 2. The van der Waals surface area contributed by atoms with Crippen LogP contribution in [0.2, 0.25) is 0 Å². The van der Waals surface area contributed by atoms with Crippen LogP contribution in [0.4, 0.5) is 0 Å². The number of carbonyl (C=O) groups is 1. The lowest BCUT2D eigenvalue weighted by atomic mass is 10.0. The monoisotopic (exact) mass is 370 g/mol. The molecule has 26 heavy (non-hydrogen) atoms. The Kier molecular flexibility index (Phi) is 10.4. The maximum atomic E-state index is 11.8. The smallest absolute Gasteiger partial charge is 0.305 e. The van der Waals surface area contributed by atoms with Gasteiger partial charge < -0.3 is 19.8 Å². The van der Waals surface area contributed by atoms with Crippen molar-refractivity contribution in [1.29, 1.82) is 0 Å². The van der Waals surface area contributed by atoms with Crippen molar-refractivity contribution >= 4 is 12.7 Å². The van der Waals surface area contributed by atoms with E-state index in [1.165, 1.54) is 5.01 Å². The molecule has 0 bridgehead atoms. The number of esters is 1. The van der Waals surface area contributed by atoms with Gasteiger partial charge in [-0.2, -0.15) is 0 Å². The van der Waals surface area contributed by atoms with Gasteiger partial charge >= 0.3 is 5.97 Å². The van der Waals surface area contributed by atoms with E-state index in [2.05, 4.69) is 24.0 Å². The van der Waals surface area contributed by atoms with Crippen molar-refractivity contribution in [2.24, 2.45) is 22.6 Å². The van der Waals surface area contributed by atoms with Gasteiger partial charge in [0.1, 0.15) is 6.61 Å². The van der Waals surface area contributed by atoms with Crippen LogP contribution in [-0.4, -0.2) is 74.7 Å². The van der Waals surface area contributed by atoms with E-state index in [0.29, 0.717) is 51.4 Å². The molecule has 1 heterocycles. The molecule has 5 N–H and O–H groups in total. The third-order valence-electron chi connectivity index (χ3n) is 4.22. The van der Waals surface area contributed by atoms with Crippen LogP contribution in [0.15, 0.2) is 16.9 Å². The summed E-state index contributed by atoms with van der Waals surface area (Å²) in [5.41, 5.74) is 0.696. The summed E-state index contributed by atoms with van der Waals surface area (Å²) in [4.78, 5) is 15.6. The molecular weight excluding hydrogens is 336 g/mol. The Balaban J connectivity index is 2.88. The third-order valence-corrected chi connectivity index (χ3v) is 4.22. The van der Waals surface area contributed by atoms with Gasteiger partial charge in [0.05, 0.1) is 18.4 Å². The van der Waals surface area contributed by atoms with Gasteiger partial charge in [-0.05, 0) is 26.0 Å². The van der Waals surface area contributed by atoms with Crippen LogP contribution in [-0.2, 0) is 14.3 Å². The molecule has 1 saturated heterocycles. The highest BCUT2D eigenvalue weighted by atomic mass is 16.5. The number of nitrogens with zero attached hydrogens (tertiary/aromatic N) is 3. The molecule has 9 nitrogen and oxygen atoms in total. The first-order valence-corrected chi connectivity index (χ1v) is 8.97. The lowest BCUT2D eigenvalue weighted by Crippen LogP contribution is -2.44. The van der Waals surface area contributed by atoms with Gasteiger partial charge in [-0.3, -0.25) is 15.6 Å². The van der Waals surface area contributed by atoms with Crippen molar-refractivity contribution in [3.63, 3.8) is 0 Å². The zero-order chi connectivity index (χ0) is 19.5. The second kappa shape index (κ2) is 12.0. The van der Waals surface area contributed by atoms with Gasteiger partial charge in [-0.15, -0.1) is 0 Å². The molecule has 1 aliphatic rings. The molecule has 0 unspecified atom stereocenters. The molecule has 1 rings (SSSR count). The number of nitrogens with two attached hydrogens (primary N) is 2. The number of hydrogen-bond donors (Lipinski definition) is 3. The summed E-state index contributed by atoms with van der Waals surface area (Å²) >= 11 is 0. The molecule has 0 aromatic heterocycles. The predicted octanol–water partition coefficient (Wildman–Crippen LogP) is -0.154. The van der Waals surface area contributed by atoms with E-state index < -0.39 is 0 Å². The van der Waals surface area contributed by atoms with Crippen molar-refractivity contribution in [2.75, 3.05) is 39.9 Å². The Hall–Kier alpha value is -1.52. The van der Waals surface area contributed by atoms with Crippen molar-refractivity contribution in [3.8, 4) is 0 Å². The molecule has 0 amide bonds. The fraction of sp³-hybridized carbons (Fsp3) is 0.765. The zero-order valence-corrected chi connectivity index (χ0v) is 16.2. The fourth-order valence-corrected chi connectivity index (χ4v) is 2.58. The average Bonchev–Trinajstić information content (AvgIpc) is 2.59. The van der Waals surface area contributed by atoms with Gasteiger partial charge in [-0.1, -0.05) is 6.92 Å². The van der Waals surface area contributed by atoms with Crippen LogP contribution in [0, 0.1) is 5.92 Å². The summed E-state index contributed by atoms with van der Waals surface area (Å²) in [6.07, 6.45) is 2.37. The minimum Gasteiger partial charge on any atom is -0.464 e. The van der Waals surface area contributed by atoms with E-state index in [0.717, 1.165) is 0 Å². The van der Waals surface area contributed by atoms with Crippen LogP contribution in [0.3, 0.4) is 0 Å². The summed E-state index contributed by atoms with van der Waals surface area (Å²) < 4.78 is 11.4. The molecule has 1 aliphatic heterocycles. The predicted molar refractivity (Wildman–Crippen MR) is 102 cm³/mol. The molecule has 0 radical (unpaired) electrons.